The molecule has 1 N–H and O–H groups in total. The lowest BCUT2D eigenvalue weighted by Gasteiger charge is -2.23. The molecule has 2 aromatic rings. The summed E-state index contributed by atoms with van der Waals surface area (Å²) in [6.45, 7) is 6.48. The van der Waals surface area contributed by atoms with Gasteiger partial charge in [-0.25, -0.2) is 4.39 Å². The van der Waals surface area contributed by atoms with E-state index >= 15 is 0 Å². The zero-order chi connectivity index (χ0) is 18.4. The van der Waals surface area contributed by atoms with Gasteiger partial charge in [-0.1, -0.05) is 36.7 Å². The Morgan fingerprint density at radius 3 is 2.92 bits per heavy atom. The summed E-state index contributed by atoms with van der Waals surface area (Å²) < 4.78 is 19.6. The molecule has 26 heavy (non-hydrogen) atoms. The third-order valence-electron chi connectivity index (χ3n) is 4.96. The van der Waals surface area contributed by atoms with Crippen molar-refractivity contribution in [2.24, 2.45) is 0 Å². The van der Waals surface area contributed by atoms with Crippen LogP contribution in [-0.2, 0) is 13.2 Å². The Morgan fingerprint density at radius 2 is 2.12 bits per heavy atom. The van der Waals surface area contributed by atoms with Crippen LogP contribution < -0.4 is 10.1 Å². The fourth-order valence-corrected chi connectivity index (χ4v) is 3.71. The number of halogens is 2. The zero-order valence-electron chi connectivity index (χ0n) is 15.2. The number of nitrogens with one attached hydrogen (secondary N) is 1. The van der Waals surface area contributed by atoms with Crippen molar-refractivity contribution in [2.75, 3.05) is 19.6 Å². The molecule has 1 aliphatic heterocycles. The molecule has 140 valence electrons. The van der Waals surface area contributed by atoms with Crippen LogP contribution in [0.5, 0.6) is 5.75 Å². The first-order valence-corrected chi connectivity index (χ1v) is 9.64. The minimum absolute atomic E-state index is 0.121. The highest BCUT2D eigenvalue weighted by Gasteiger charge is 2.22. The molecular formula is C21H26ClFN2O. The Bertz CT molecular complexity index is 705. The fraction of sp³-hybridized carbons (Fsp3) is 0.429. The average molecular weight is 377 g/mol. The van der Waals surface area contributed by atoms with Gasteiger partial charge in [0.2, 0.25) is 0 Å². The van der Waals surface area contributed by atoms with E-state index in [2.05, 4.69) is 23.2 Å². The Balaban J connectivity index is 1.51. The summed E-state index contributed by atoms with van der Waals surface area (Å²) in [6.07, 6.45) is 2.56. The van der Waals surface area contributed by atoms with Crippen molar-refractivity contribution in [3.8, 4) is 5.75 Å². The maximum Gasteiger partial charge on any atom is 0.131 e. The summed E-state index contributed by atoms with van der Waals surface area (Å²) in [4.78, 5) is 2.53. The molecule has 0 aliphatic carbocycles. The highest BCUT2D eigenvalue weighted by molar-refractivity contribution is 6.31. The van der Waals surface area contributed by atoms with Gasteiger partial charge in [0.25, 0.3) is 0 Å². The number of ether oxygens (including phenoxy) is 1. The van der Waals surface area contributed by atoms with Gasteiger partial charge in [-0.05, 0) is 55.8 Å². The minimum atomic E-state index is -0.340. The van der Waals surface area contributed by atoms with Gasteiger partial charge in [-0.2, -0.15) is 0 Å². The fourth-order valence-electron chi connectivity index (χ4n) is 3.50. The van der Waals surface area contributed by atoms with Crippen molar-refractivity contribution < 1.29 is 9.13 Å². The van der Waals surface area contributed by atoms with E-state index < -0.39 is 0 Å². The molecular weight excluding hydrogens is 351 g/mol. The van der Waals surface area contributed by atoms with Crippen molar-refractivity contribution in [3.05, 3.63) is 64.4 Å². The molecule has 0 aromatic heterocycles. The van der Waals surface area contributed by atoms with Crippen LogP contribution in [0.4, 0.5) is 4.39 Å². The Hall–Kier alpha value is -1.62. The van der Waals surface area contributed by atoms with E-state index in [0.717, 1.165) is 30.9 Å². The molecule has 0 saturated carbocycles. The smallest absolute Gasteiger partial charge is 0.131 e. The number of hydrogen-bond donors (Lipinski definition) is 1. The monoisotopic (exact) mass is 376 g/mol. The lowest BCUT2D eigenvalue weighted by molar-refractivity contribution is 0.260. The summed E-state index contributed by atoms with van der Waals surface area (Å²) in [6, 6.07) is 13.2. The molecule has 0 unspecified atom stereocenters. The molecule has 5 heteroatoms. The van der Waals surface area contributed by atoms with Gasteiger partial charge in [0, 0.05) is 24.7 Å². The summed E-state index contributed by atoms with van der Waals surface area (Å²) >= 11 is 6.05. The van der Waals surface area contributed by atoms with Crippen LogP contribution in [0.25, 0.3) is 0 Å². The highest BCUT2D eigenvalue weighted by Crippen LogP contribution is 2.22. The second-order valence-electron chi connectivity index (χ2n) is 6.69. The van der Waals surface area contributed by atoms with Crippen molar-refractivity contribution >= 4 is 11.6 Å². The molecule has 2 aromatic carbocycles. The molecule has 3 nitrogen and oxygen atoms in total. The second kappa shape index (κ2) is 9.36. The Kier molecular flexibility index (Phi) is 6.89. The van der Waals surface area contributed by atoms with E-state index in [0.29, 0.717) is 16.6 Å². The minimum Gasteiger partial charge on any atom is -0.489 e. The molecule has 0 amide bonds. The molecule has 0 bridgehead atoms. The summed E-state index contributed by atoms with van der Waals surface area (Å²) in [5, 5.41) is 3.94. The number of hydrogen-bond acceptors (Lipinski definition) is 3. The van der Waals surface area contributed by atoms with Crippen molar-refractivity contribution in [1.82, 2.24) is 10.2 Å². The zero-order valence-corrected chi connectivity index (χ0v) is 15.9. The largest absolute Gasteiger partial charge is 0.489 e. The van der Waals surface area contributed by atoms with Crippen LogP contribution in [0.15, 0.2) is 42.5 Å². The third-order valence-corrected chi connectivity index (χ3v) is 5.31. The van der Waals surface area contributed by atoms with Crippen LogP contribution in [-0.4, -0.2) is 30.6 Å². The average Bonchev–Trinajstić information content (AvgIpc) is 3.09. The lowest BCUT2D eigenvalue weighted by atomic mass is 10.2. The van der Waals surface area contributed by atoms with Gasteiger partial charge in [0.15, 0.2) is 0 Å². The van der Waals surface area contributed by atoms with Crippen LogP contribution >= 0.6 is 11.6 Å². The van der Waals surface area contributed by atoms with E-state index in [1.54, 1.807) is 12.1 Å². The van der Waals surface area contributed by atoms with Gasteiger partial charge >= 0.3 is 0 Å². The standard InChI is InChI=1S/C21H26ClFN2O/c1-2-25-11-5-7-17(25)14-24-13-16-6-3-8-18(12-16)26-15-19-20(22)9-4-10-21(19)23/h3-4,6,8-10,12,17,24H,2,5,7,11,13-15H2,1H3/t17-/m1/s1. The summed E-state index contributed by atoms with van der Waals surface area (Å²) in [7, 11) is 0. The first-order valence-electron chi connectivity index (χ1n) is 9.26. The maximum absolute atomic E-state index is 13.8. The molecule has 0 radical (unpaired) electrons. The number of rotatable bonds is 8. The van der Waals surface area contributed by atoms with Crippen molar-refractivity contribution in [2.45, 2.75) is 39.0 Å². The number of likely N-dealkylation sites (N-methyl/N-ethyl adjacent to an activating group) is 1. The summed E-state index contributed by atoms with van der Waals surface area (Å²) in [5.74, 6) is 0.382. The summed E-state index contributed by atoms with van der Waals surface area (Å²) in [5.41, 5.74) is 1.54. The van der Waals surface area contributed by atoms with Crippen molar-refractivity contribution in [1.29, 1.82) is 0 Å². The quantitative estimate of drug-likeness (QED) is 0.726. The van der Waals surface area contributed by atoms with E-state index in [9.17, 15) is 4.39 Å². The first-order chi connectivity index (χ1) is 12.7. The maximum atomic E-state index is 13.8. The Labute approximate surface area is 160 Å². The molecule has 1 heterocycles. The molecule has 1 fully saturated rings. The van der Waals surface area contributed by atoms with Gasteiger partial charge in [0.05, 0.1) is 5.02 Å². The van der Waals surface area contributed by atoms with E-state index in [4.69, 9.17) is 16.3 Å². The molecule has 3 rings (SSSR count). The van der Waals surface area contributed by atoms with Crippen LogP contribution in [0, 0.1) is 5.82 Å². The van der Waals surface area contributed by atoms with E-state index in [1.807, 2.05) is 18.2 Å². The van der Waals surface area contributed by atoms with E-state index in [-0.39, 0.29) is 12.4 Å². The lowest BCUT2D eigenvalue weighted by Crippen LogP contribution is -2.37. The second-order valence-corrected chi connectivity index (χ2v) is 7.10. The van der Waals surface area contributed by atoms with Gasteiger partial charge in [0.1, 0.15) is 18.2 Å². The highest BCUT2D eigenvalue weighted by atomic mass is 35.5. The topological polar surface area (TPSA) is 24.5 Å². The van der Waals surface area contributed by atoms with Gasteiger partial charge in [-0.3, -0.25) is 4.90 Å². The Morgan fingerprint density at radius 1 is 1.27 bits per heavy atom. The van der Waals surface area contributed by atoms with Gasteiger partial charge in [-0.15, -0.1) is 0 Å². The van der Waals surface area contributed by atoms with Gasteiger partial charge < -0.3 is 10.1 Å². The van der Waals surface area contributed by atoms with Crippen molar-refractivity contribution in [3.63, 3.8) is 0 Å². The molecule has 0 spiro atoms. The van der Waals surface area contributed by atoms with Crippen LogP contribution in [0.2, 0.25) is 5.02 Å². The normalized spacial score (nSPS) is 17.6. The van der Waals surface area contributed by atoms with E-state index in [1.165, 1.54) is 25.5 Å². The SMILES string of the molecule is CCN1CCC[C@@H]1CNCc1cccc(OCc2c(F)cccc2Cl)c1. The predicted molar refractivity (Wildman–Crippen MR) is 104 cm³/mol. The predicted octanol–water partition coefficient (Wildman–Crippen LogP) is 4.63. The van der Waals surface area contributed by atoms with Crippen LogP contribution in [0.1, 0.15) is 30.9 Å². The number of likely N-dealkylation sites (tertiary alicyclic amines) is 1. The number of nitrogens with zero attached hydrogens (tertiary/aromatic N) is 1. The molecule has 1 aliphatic rings. The first kappa shape index (κ1) is 19.2. The van der Waals surface area contributed by atoms with Crippen LogP contribution in [0.3, 0.4) is 0 Å². The third kappa shape index (κ3) is 4.97. The molecule has 1 atom stereocenters. The number of benzene rings is 2. The molecule has 1 saturated heterocycles.